The van der Waals surface area contributed by atoms with Gasteiger partial charge in [-0.1, -0.05) is 0 Å². The Balaban J connectivity index is 1.23. The Kier molecular flexibility index (Phi) is 5.90. The molecule has 1 saturated heterocycles. The van der Waals surface area contributed by atoms with Crippen molar-refractivity contribution in [1.82, 2.24) is 14.3 Å². The molecular weight excluding hydrogens is 418 g/mol. The van der Waals surface area contributed by atoms with Crippen molar-refractivity contribution < 1.29 is 9.53 Å². The average molecular weight is 448 g/mol. The number of benzene rings is 2. The lowest BCUT2D eigenvalue weighted by atomic mass is 9.95. The molecule has 2 aliphatic rings. The third-order valence-electron chi connectivity index (χ3n) is 6.76. The molecule has 8 heteroatoms. The third-order valence-corrected chi connectivity index (χ3v) is 6.76. The molecule has 0 atom stereocenters. The Labute approximate surface area is 193 Å². The number of methoxy groups -OCH3 is 1. The Morgan fingerprint density at radius 2 is 1.30 bits per heavy atom. The van der Waals surface area contributed by atoms with E-state index in [0.29, 0.717) is 25.7 Å². The maximum absolute atomic E-state index is 12.9. The van der Waals surface area contributed by atoms with E-state index in [1.165, 1.54) is 5.69 Å². The van der Waals surface area contributed by atoms with Crippen LogP contribution in [-0.2, 0) is 4.79 Å². The molecule has 0 N–H and O–H groups in total. The van der Waals surface area contributed by atoms with E-state index in [4.69, 9.17) is 4.74 Å². The molecule has 1 aliphatic heterocycles. The van der Waals surface area contributed by atoms with Gasteiger partial charge < -0.3 is 14.5 Å². The molecule has 0 spiro atoms. The predicted molar refractivity (Wildman–Crippen MR) is 128 cm³/mol. The summed E-state index contributed by atoms with van der Waals surface area (Å²) >= 11 is 0. The lowest BCUT2D eigenvalue weighted by Gasteiger charge is -2.37. The Bertz CT molecular complexity index is 1150. The van der Waals surface area contributed by atoms with Gasteiger partial charge in [-0.25, -0.2) is 14.0 Å². The second-order valence-corrected chi connectivity index (χ2v) is 8.69. The fourth-order valence-electron chi connectivity index (χ4n) is 4.75. The molecule has 172 valence electrons. The van der Waals surface area contributed by atoms with Gasteiger partial charge in [0.25, 0.3) is 0 Å². The van der Waals surface area contributed by atoms with Crippen LogP contribution in [0.15, 0.2) is 59.7 Å². The van der Waals surface area contributed by atoms with E-state index in [1.807, 2.05) is 24.3 Å². The zero-order valence-corrected chi connectivity index (χ0v) is 18.9. The Hall–Kier alpha value is -3.55. The van der Waals surface area contributed by atoms with Crippen LogP contribution in [0.25, 0.3) is 5.69 Å². The number of anilines is 2. The first-order valence-electron chi connectivity index (χ1n) is 11.5. The van der Waals surface area contributed by atoms with Crippen molar-refractivity contribution in [1.29, 1.82) is 0 Å². The lowest BCUT2D eigenvalue weighted by Crippen LogP contribution is -2.46. The minimum absolute atomic E-state index is 0.0118. The molecule has 2 heterocycles. The van der Waals surface area contributed by atoms with Gasteiger partial charge in [-0.3, -0.25) is 4.79 Å². The first-order valence-corrected chi connectivity index (χ1v) is 11.5. The molecule has 2 fully saturated rings. The van der Waals surface area contributed by atoms with Crippen LogP contribution in [-0.4, -0.2) is 53.4 Å². The standard InChI is InChI=1S/C25H29N5O3/c1-33-24-12-8-20(9-13-24)28-16-14-27(15-17-28)19-2-4-21(5-3-19)29-18-26-30(25(29)32)22-6-10-23(31)11-7-22/h2-5,8-9,12-13,18,22H,6-7,10-11,14-17H2,1H3. The average Bonchev–Trinajstić information content (AvgIpc) is 3.26. The maximum atomic E-state index is 12.9. The molecule has 5 rings (SSSR count). The van der Waals surface area contributed by atoms with Crippen LogP contribution in [0.3, 0.4) is 0 Å². The highest BCUT2D eigenvalue weighted by atomic mass is 16.5. The van der Waals surface area contributed by atoms with Gasteiger partial charge in [0, 0.05) is 50.4 Å². The number of Topliss-reactive ketones (excluding diaryl/α,β-unsaturated/α-hetero) is 1. The van der Waals surface area contributed by atoms with E-state index in [-0.39, 0.29) is 17.5 Å². The van der Waals surface area contributed by atoms with E-state index < -0.39 is 0 Å². The van der Waals surface area contributed by atoms with Crippen molar-refractivity contribution in [3.05, 3.63) is 65.3 Å². The number of hydrogen-bond donors (Lipinski definition) is 0. The van der Waals surface area contributed by atoms with Gasteiger partial charge in [0.05, 0.1) is 18.8 Å². The number of rotatable bonds is 5. The summed E-state index contributed by atoms with van der Waals surface area (Å²) in [6.45, 7) is 3.77. The zero-order chi connectivity index (χ0) is 22.8. The minimum atomic E-state index is -0.143. The van der Waals surface area contributed by atoms with Gasteiger partial charge in [0.15, 0.2) is 0 Å². The Morgan fingerprint density at radius 3 is 1.85 bits per heavy atom. The van der Waals surface area contributed by atoms with Crippen LogP contribution in [0.2, 0.25) is 0 Å². The van der Waals surface area contributed by atoms with Gasteiger partial charge in [-0.2, -0.15) is 5.10 Å². The van der Waals surface area contributed by atoms with Gasteiger partial charge >= 0.3 is 5.69 Å². The summed E-state index contributed by atoms with van der Waals surface area (Å²) in [6, 6.07) is 16.3. The minimum Gasteiger partial charge on any atom is -0.497 e. The van der Waals surface area contributed by atoms with Crippen molar-refractivity contribution in [2.45, 2.75) is 31.7 Å². The number of piperazine rings is 1. The van der Waals surface area contributed by atoms with Crippen LogP contribution in [0.1, 0.15) is 31.7 Å². The number of ether oxygens (including phenoxy) is 1. The van der Waals surface area contributed by atoms with Crippen LogP contribution in [0.5, 0.6) is 5.75 Å². The maximum Gasteiger partial charge on any atom is 0.350 e. The highest BCUT2D eigenvalue weighted by molar-refractivity contribution is 5.79. The molecule has 2 aromatic carbocycles. The smallest absolute Gasteiger partial charge is 0.350 e. The summed E-state index contributed by atoms with van der Waals surface area (Å²) in [7, 11) is 1.68. The number of hydrogen-bond acceptors (Lipinski definition) is 6. The number of ketones is 1. The Morgan fingerprint density at radius 1 is 0.788 bits per heavy atom. The van der Waals surface area contributed by atoms with Crippen molar-refractivity contribution >= 4 is 17.2 Å². The van der Waals surface area contributed by atoms with E-state index in [9.17, 15) is 9.59 Å². The number of carbonyl (C=O) groups is 1. The molecule has 0 unspecified atom stereocenters. The quantitative estimate of drug-likeness (QED) is 0.599. The summed E-state index contributed by atoms with van der Waals surface area (Å²) < 4.78 is 8.38. The fraction of sp³-hybridized carbons (Fsp3) is 0.400. The van der Waals surface area contributed by atoms with E-state index >= 15 is 0 Å². The van der Waals surface area contributed by atoms with Gasteiger partial charge in [-0.15, -0.1) is 0 Å². The number of carbonyl (C=O) groups excluding carboxylic acids is 1. The van der Waals surface area contributed by atoms with Crippen molar-refractivity contribution in [2.24, 2.45) is 0 Å². The van der Waals surface area contributed by atoms with E-state index in [2.05, 4.69) is 39.2 Å². The SMILES string of the molecule is COc1ccc(N2CCN(c3ccc(-n4cnn(C5CCC(=O)CC5)c4=O)cc3)CC2)cc1. The van der Waals surface area contributed by atoms with Gasteiger partial charge in [-0.05, 0) is 61.4 Å². The molecule has 1 aromatic heterocycles. The highest BCUT2D eigenvalue weighted by Crippen LogP contribution is 2.25. The second kappa shape index (κ2) is 9.13. The molecule has 1 aliphatic carbocycles. The molecule has 0 amide bonds. The molecule has 3 aromatic rings. The molecule has 1 saturated carbocycles. The summed E-state index contributed by atoms with van der Waals surface area (Å²) in [6.07, 6.45) is 4.03. The van der Waals surface area contributed by atoms with Gasteiger partial charge in [0.2, 0.25) is 0 Å². The lowest BCUT2D eigenvalue weighted by molar-refractivity contribution is -0.120. The van der Waals surface area contributed by atoms with Gasteiger partial charge in [0.1, 0.15) is 17.9 Å². The zero-order valence-electron chi connectivity index (χ0n) is 18.9. The number of aromatic nitrogens is 3. The van der Waals surface area contributed by atoms with Crippen molar-refractivity contribution in [3.63, 3.8) is 0 Å². The van der Waals surface area contributed by atoms with Crippen LogP contribution < -0.4 is 20.2 Å². The van der Waals surface area contributed by atoms with Crippen LogP contribution in [0.4, 0.5) is 11.4 Å². The van der Waals surface area contributed by atoms with Crippen LogP contribution >= 0.6 is 0 Å². The summed E-state index contributed by atoms with van der Waals surface area (Å²) in [4.78, 5) is 29.2. The molecule has 33 heavy (non-hydrogen) atoms. The van der Waals surface area contributed by atoms with E-state index in [1.54, 1.807) is 22.7 Å². The molecule has 8 nitrogen and oxygen atoms in total. The first kappa shape index (κ1) is 21.3. The van der Waals surface area contributed by atoms with Crippen molar-refractivity contribution in [2.75, 3.05) is 43.1 Å². The molecule has 0 bridgehead atoms. The first-order chi connectivity index (χ1) is 16.1. The van der Waals surface area contributed by atoms with Crippen LogP contribution in [0, 0.1) is 0 Å². The molecule has 0 radical (unpaired) electrons. The summed E-state index contributed by atoms with van der Waals surface area (Å²) in [5.74, 6) is 1.15. The molecular formula is C25H29N5O3. The highest BCUT2D eigenvalue weighted by Gasteiger charge is 2.23. The van der Waals surface area contributed by atoms with E-state index in [0.717, 1.165) is 43.3 Å². The summed E-state index contributed by atoms with van der Waals surface area (Å²) in [5.41, 5.74) is 3.03. The second-order valence-electron chi connectivity index (χ2n) is 8.69. The third kappa shape index (κ3) is 4.37. The number of nitrogens with zero attached hydrogens (tertiary/aromatic N) is 5. The van der Waals surface area contributed by atoms with Crippen molar-refractivity contribution in [3.8, 4) is 11.4 Å². The summed E-state index contributed by atoms with van der Waals surface area (Å²) in [5, 5.41) is 4.33. The fourth-order valence-corrected chi connectivity index (χ4v) is 4.75. The normalized spacial score (nSPS) is 17.4. The predicted octanol–water partition coefficient (Wildman–Crippen LogP) is 3.05. The largest absolute Gasteiger partial charge is 0.497 e. The monoisotopic (exact) mass is 447 g/mol. The topological polar surface area (TPSA) is 72.6 Å².